The quantitative estimate of drug-likeness (QED) is 0.596. The highest BCUT2D eigenvalue weighted by Gasteiger charge is 2.09. The predicted molar refractivity (Wildman–Crippen MR) is 60.7 cm³/mol. The second kappa shape index (κ2) is 6.16. The Labute approximate surface area is 103 Å². The van der Waals surface area contributed by atoms with E-state index < -0.39 is 26.4 Å². The summed E-state index contributed by atoms with van der Waals surface area (Å²) in [6.07, 6.45) is 0.627. The van der Waals surface area contributed by atoms with E-state index in [0.717, 1.165) is 12.1 Å². The number of halogens is 3. The molecule has 0 aliphatic rings. The van der Waals surface area contributed by atoms with Crippen LogP contribution in [0.1, 0.15) is 12.8 Å². The normalized spacial score (nSPS) is 11.5. The van der Waals surface area contributed by atoms with E-state index in [1.807, 2.05) is 0 Å². The minimum Gasteiger partial charge on any atom is -0.488 e. The summed E-state index contributed by atoms with van der Waals surface area (Å²) >= 11 is 0. The molecular formula is C10H11ClF2O3S. The first-order valence-corrected chi connectivity index (χ1v) is 7.37. The fourth-order valence-corrected chi connectivity index (χ4v) is 2.05. The van der Waals surface area contributed by atoms with Gasteiger partial charge in [-0.1, -0.05) is 6.07 Å². The van der Waals surface area contributed by atoms with E-state index in [2.05, 4.69) is 0 Å². The fraction of sp³-hybridized carbons (Fsp3) is 0.400. The largest absolute Gasteiger partial charge is 0.488 e. The van der Waals surface area contributed by atoms with Gasteiger partial charge in [0.15, 0.2) is 17.4 Å². The van der Waals surface area contributed by atoms with Crippen LogP contribution in [0.2, 0.25) is 0 Å². The van der Waals surface area contributed by atoms with E-state index in [9.17, 15) is 17.2 Å². The number of rotatable bonds is 6. The van der Waals surface area contributed by atoms with Crippen LogP contribution < -0.4 is 4.74 Å². The molecule has 0 unspecified atom stereocenters. The summed E-state index contributed by atoms with van der Waals surface area (Å²) in [5, 5.41) is 0. The summed E-state index contributed by atoms with van der Waals surface area (Å²) in [5.41, 5.74) is 0. The molecule has 0 aliphatic heterocycles. The average Bonchev–Trinajstić information content (AvgIpc) is 2.20. The number of benzene rings is 1. The average molecular weight is 285 g/mol. The Balaban J connectivity index is 2.37. The molecule has 1 rings (SSSR count). The van der Waals surface area contributed by atoms with Gasteiger partial charge < -0.3 is 4.74 Å². The molecule has 17 heavy (non-hydrogen) atoms. The van der Waals surface area contributed by atoms with Crippen molar-refractivity contribution in [3.8, 4) is 5.75 Å². The van der Waals surface area contributed by atoms with Gasteiger partial charge in [-0.05, 0) is 25.0 Å². The zero-order valence-corrected chi connectivity index (χ0v) is 10.4. The Morgan fingerprint density at radius 3 is 2.29 bits per heavy atom. The van der Waals surface area contributed by atoms with Gasteiger partial charge in [-0.3, -0.25) is 0 Å². The van der Waals surface area contributed by atoms with Gasteiger partial charge in [-0.2, -0.15) is 0 Å². The van der Waals surface area contributed by atoms with Gasteiger partial charge in [0.05, 0.1) is 12.4 Å². The Kier molecular flexibility index (Phi) is 5.14. The van der Waals surface area contributed by atoms with Crippen LogP contribution in [0.3, 0.4) is 0 Å². The van der Waals surface area contributed by atoms with Gasteiger partial charge in [0.25, 0.3) is 0 Å². The lowest BCUT2D eigenvalue weighted by molar-refractivity contribution is 0.279. The van der Waals surface area contributed by atoms with Crippen LogP contribution in [0.4, 0.5) is 8.78 Å². The molecule has 0 fully saturated rings. The summed E-state index contributed by atoms with van der Waals surface area (Å²) in [6.45, 7) is 0.0320. The Morgan fingerprint density at radius 1 is 1.18 bits per heavy atom. The smallest absolute Gasteiger partial charge is 0.232 e. The molecule has 0 aliphatic carbocycles. The molecule has 1 aromatic rings. The van der Waals surface area contributed by atoms with Crippen molar-refractivity contribution in [1.29, 1.82) is 0 Å². The lowest BCUT2D eigenvalue weighted by Gasteiger charge is -2.07. The van der Waals surface area contributed by atoms with E-state index in [-0.39, 0.29) is 18.8 Å². The highest BCUT2D eigenvalue weighted by molar-refractivity contribution is 8.13. The van der Waals surface area contributed by atoms with E-state index >= 15 is 0 Å². The van der Waals surface area contributed by atoms with Gasteiger partial charge in [0.1, 0.15) is 0 Å². The van der Waals surface area contributed by atoms with Gasteiger partial charge in [0.2, 0.25) is 9.05 Å². The lowest BCUT2D eigenvalue weighted by atomic mass is 10.3. The van der Waals surface area contributed by atoms with Crippen LogP contribution in [0.5, 0.6) is 5.75 Å². The maximum absolute atomic E-state index is 13.1. The molecule has 0 aromatic heterocycles. The molecular weight excluding hydrogens is 274 g/mol. The van der Waals surface area contributed by atoms with Crippen molar-refractivity contribution in [1.82, 2.24) is 0 Å². The van der Waals surface area contributed by atoms with E-state index in [1.165, 1.54) is 6.07 Å². The molecule has 0 bridgehead atoms. The summed E-state index contributed by atoms with van der Waals surface area (Å²) in [7, 11) is 1.47. The van der Waals surface area contributed by atoms with Crippen LogP contribution in [-0.2, 0) is 9.05 Å². The number of hydrogen-bond donors (Lipinski definition) is 0. The second-order valence-electron chi connectivity index (χ2n) is 3.35. The van der Waals surface area contributed by atoms with Crippen LogP contribution >= 0.6 is 10.7 Å². The van der Waals surface area contributed by atoms with Crippen molar-refractivity contribution in [2.24, 2.45) is 0 Å². The van der Waals surface area contributed by atoms with Crippen molar-refractivity contribution in [2.75, 3.05) is 12.4 Å². The van der Waals surface area contributed by atoms with Gasteiger partial charge in [0, 0.05) is 10.7 Å². The van der Waals surface area contributed by atoms with Crippen LogP contribution in [-0.4, -0.2) is 20.8 Å². The van der Waals surface area contributed by atoms with Crippen LogP contribution in [0.15, 0.2) is 18.2 Å². The first-order valence-electron chi connectivity index (χ1n) is 4.89. The molecule has 0 amide bonds. The van der Waals surface area contributed by atoms with Gasteiger partial charge >= 0.3 is 0 Å². The molecule has 3 nitrogen and oxygen atoms in total. The molecule has 0 spiro atoms. The van der Waals surface area contributed by atoms with Crippen LogP contribution in [0.25, 0.3) is 0 Å². The van der Waals surface area contributed by atoms with Crippen LogP contribution in [0, 0.1) is 11.6 Å². The maximum Gasteiger partial charge on any atom is 0.232 e. The first-order chi connectivity index (χ1) is 7.90. The van der Waals surface area contributed by atoms with Crippen molar-refractivity contribution in [3.63, 3.8) is 0 Å². The van der Waals surface area contributed by atoms with Gasteiger partial charge in [-0.15, -0.1) is 0 Å². The van der Waals surface area contributed by atoms with E-state index in [0.29, 0.717) is 6.42 Å². The number of para-hydroxylation sites is 1. The molecule has 0 radical (unpaired) electrons. The third-order valence-electron chi connectivity index (χ3n) is 1.95. The highest BCUT2D eigenvalue weighted by atomic mass is 35.7. The lowest BCUT2D eigenvalue weighted by Crippen LogP contribution is -2.04. The molecule has 7 heteroatoms. The molecule has 1 aromatic carbocycles. The zero-order chi connectivity index (χ0) is 12.9. The van der Waals surface area contributed by atoms with Crippen molar-refractivity contribution >= 4 is 19.7 Å². The number of unbranched alkanes of at least 4 members (excludes halogenated alkanes) is 1. The topological polar surface area (TPSA) is 43.4 Å². The number of ether oxygens (including phenoxy) is 1. The molecule has 0 saturated carbocycles. The zero-order valence-electron chi connectivity index (χ0n) is 8.83. The Morgan fingerprint density at radius 2 is 1.76 bits per heavy atom. The third kappa shape index (κ3) is 5.32. The summed E-state index contributed by atoms with van der Waals surface area (Å²) in [5.74, 6) is -2.19. The third-order valence-corrected chi connectivity index (χ3v) is 3.19. The molecule has 96 valence electrons. The molecule has 0 saturated heterocycles. The molecule has 0 N–H and O–H groups in total. The SMILES string of the molecule is O=S(=O)(Cl)CCCCOc1c(F)cccc1F. The van der Waals surface area contributed by atoms with Crippen molar-refractivity contribution < 1.29 is 21.9 Å². The molecule has 0 heterocycles. The summed E-state index contributed by atoms with van der Waals surface area (Å²) < 4.78 is 52.2. The Bertz CT molecular complexity index is 456. The standard InChI is InChI=1S/C10H11ClF2O3S/c11-17(14,15)7-2-1-6-16-10-8(12)4-3-5-9(10)13/h3-5H,1-2,6-7H2. The number of hydrogen-bond acceptors (Lipinski definition) is 3. The predicted octanol–water partition coefficient (Wildman–Crippen LogP) is 2.69. The minimum atomic E-state index is -3.52. The second-order valence-corrected chi connectivity index (χ2v) is 6.25. The van der Waals surface area contributed by atoms with Crippen molar-refractivity contribution in [3.05, 3.63) is 29.8 Å². The maximum atomic E-state index is 13.1. The summed E-state index contributed by atoms with van der Waals surface area (Å²) in [4.78, 5) is 0. The monoisotopic (exact) mass is 284 g/mol. The Hall–Kier alpha value is -0.880. The van der Waals surface area contributed by atoms with Gasteiger partial charge in [-0.25, -0.2) is 17.2 Å². The van der Waals surface area contributed by atoms with Crippen molar-refractivity contribution in [2.45, 2.75) is 12.8 Å². The first kappa shape index (κ1) is 14.2. The fourth-order valence-electron chi connectivity index (χ4n) is 1.17. The van der Waals surface area contributed by atoms with E-state index in [4.69, 9.17) is 15.4 Å². The minimum absolute atomic E-state index is 0.0320. The summed E-state index contributed by atoms with van der Waals surface area (Å²) in [6, 6.07) is 3.40. The highest BCUT2D eigenvalue weighted by Crippen LogP contribution is 2.20. The molecule has 0 atom stereocenters. The van der Waals surface area contributed by atoms with E-state index in [1.54, 1.807) is 0 Å².